The van der Waals surface area contributed by atoms with Gasteiger partial charge in [-0.3, -0.25) is 4.79 Å². The molecule has 3 nitrogen and oxygen atoms in total. The maximum Gasteiger partial charge on any atom is 0.236 e. The van der Waals surface area contributed by atoms with Crippen molar-refractivity contribution in [2.45, 2.75) is 44.7 Å². The number of rotatable bonds is 4. The minimum atomic E-state index is -0.414. The highest BCUT2D eigenvalue weighted by molar-refractivity contribution is 5.81. The largest absolute Gasteiger partial charge is 0.352 e. The van der Waals surface area contributed by atoms with Gasteiger partial charge < -0.3 is 11.1 Å². The van der Waals surface area contributed by atoms with Crippen molar-refractivity contribution in [3.8, 4) is 0 Å². The summed E-state index contributed by atoms with van der Waals surface area (Å²) in [4.78, 5) is 11.7. The van der Waals surface area contributed by atoms with Crippen molar-refractivity contribution in [1.29, 1.82) is 0 Å². The molecular formula is C15H22N2O. The van der Waals surface area contributed by atoms with E-state index in [1.165, 1.54) is 18.4 Å². The lowest BCUT2D eigenvalue weighted by atomic mass is 9.94. The van der Waals surface area contributed by atoms with E-state index in [0.29, 0.717) is 12.0 Å². The predicted molar refractivity (Wildman–Crippen MR) is 73.1 cm³/mol. The summed E-state index contributed by atoms with van der Waals surface area (Å²) in [5.41, 5.74) is 6.95. The number of hydrogen-bond donors (Lipinski definition) is 2. The molecule has 1 fully saturated rings. The molecule has 1 aliphatic carbocycles. The first-order chi connectivity index (χ1) is 8.66. The summed E-state index contributed by atoms with van der Waals surface area (Å²) >= 11 is 0. The Kier molecular flexibility index (Phi) is 4.37. The van der Waals surface area contributed by atoms with Crippen molar-refractivity contribution in [3.05, 3.63) is 35.9 Å². The van der Waals surface area contributed by atoms with E-state index in [0.717, 1.165) is 12.8 Å². The fourth-order valence-electron chi connectivity index (χ4n) is 2.70. The van der Waals surface area contributed by atoms with Crippen LogP contribution in [0.4, 0.5) is 0 Å². The van der Waals surface area contributed by atoms with Crippen molar-refractivity contribution in [2.75, 3.05) is 0 Å². The van der Waals surface area contributed by atoms with Crippen LogP contribution in [-0.2, 0) is 11.2 Å². The lowest BCUT2D eigenvalue weighted by Gasteiger charge is -2.22. The molecule has 0 spiro atoms. The summed E-state index contributed by atoms with van der Waals surface area (Å²) in [5, 5.41) is 3.08. The number of nitrogens with two attached hydrogens (primary N) is 1. The highest BCUT2D eigenvalue weighted by atomic mass is 16.2. The van der Waals surface area contributed by atoms with Gasteiger partial charge in [-0.15, -0.1) is 0 Å². The Labute approximate surface area is 109 Å². The molecule has 1 saturated carbocycles. The third-order valence-electron chi connectivity index (χ3n) is 3.74. The molecule has 1 aromatic rings. The van der Waals surface area contributed by atoms with Crippen LogP contribution in [0.5, 0.6) is 0 Å². The highest BCUT2D eigenvalue weighted by Gasteiger charge is 2.29. The number of benzene rings is 1. The summed E-state index contributed by atoms with van der Waals surface area (Å²) in [6.45, 7) is 1.73. The number of hydrogen-bond acceptors (Lipinski definition) is 2. The van der Waals surface area contributed by atoms with Gasteiger partial charge in [-0.2, -0.15) is 0 Å². The van der Waals surface area contributed by atoms with Crippen LogP contribution in [0, 0.1) is 5.92 Å². The number of carbonyl (C=O) groups is 1. The average Bonchev–Trinajstić information content (AvgIpc) is 2.78. The smallest absolute Gasteiger partial charge is 0.236 e. The normalized spacial score (nSPS) is 24.8. The van der Waals surface area contributed by atoms with E-state index in [-0.39, 0.29) is 5.91 Å². The summed E-state index contributed by atoms with van der Waals surface area (Å²) < 4.78 is 0. The van der Waals surface area contributed by atoms with Gasteiger partial charge in [0.1, 0.15) is 0 Å². The summed E-state index contributed by atoms with van der Waals surface area (Å²) in [7, 11) is 0. The van der Waals surface area contributed by atoms with E-state index in [9.17, 15) is 4.79 Å². The highest BCUT2D eigenvalue weighted by Crippen LogP contribution is 2.28. The van der Waals surface area contributed by atoms with Crippen molar-refractivity contribution in [2.24, 2.45) is 11.7 Å². The van der Waals surface area contributed by atoms with Crippen molar-refractivity contribution in [1.82, 2.24) is 5.32 Å². The molecule has 0 bridgehead atoms. The Balaban J connectivity index is 1.93. The molecule has 1 aromatic carbocycles. The molecule has 1 amide bonds. The van der Waals surface area contributed by atoms with Crippen LogP contribution < -0.4 is 11.1 Å². The molecule has 2 rings (SSSR count). The fraction of sp³-hybridized carbons (Fsp3) is 0.533. The Bertz CT molecular complexity index is 389. The molecule has 0 saturated heterocycles. The zero-order valence-electron chi connectivity index (χ0n) is 10.9. The van der Waals surface area contributed by atoms with Gasteiger partial charge >= 0.3 is 0 Å². The van der Waals surface area contributed by atoms with Gasteiger partial charge in [0.05, 0.1) is 6.04 Å². The quantitative estimate of drug-likeness (QED) is 0.852. The molecule has 0 heterocycles. The molecule has 98 valence electrons. The first-order valence-electron chi connectivity index (χ1n) is 6.76. The number of nitrogens with one attached hydrogen (secondary N) is 1. The topological polar surface area (TPSA) is 55.1 Å². The van der Waals surface area contributed by atoms with Crippen LogP contribution >= 0.6 is 0 Å². The van der Waals surface area contributed by atoms with Gasteiger partial charge in [-0.25, -0.2) is 0 Å². The maximum absolute atomic E-state index is 11.7. The van der Waals surface area contributed by atoms with Crippen LogP contribution in [0.1, 0.15) is 31.7 Å². The predicted octanol–water partition coefficient (Wildman–Crippen LogP) is 1.86. The van der Waals surface area contributed by atoms with Crippen LogP contribution in [0.3, 0.4) is 0 Å². The molecule has 0 aromatic heterocycles. The molecule has 0 radical (unpaired) electrons. The molecule has 3 heteroatoms. The Hall–Kier alpha value is -1.35. The fourth-order valence-corrected chi connectivity index (χ4v) is 2.70. The zero-order chi connectivity index (χ0) is 13.0. The molecule has 3 atom stereocenters. The first-order valence-corrected chi connectivity index (χ1v) is 6.76. The van der Waals surface area contributed by atoms with Gasteiger partial charge in [0.2, 0.25) is 5.91 Å². The van der Waals surface area contributed by atoms with E-state index in [1.807, 2.05) is 6.07 Å². The van der Waals surface area contributed by atoms with Crippen LogP contribution in [0.25, 0.3) is 0 Å². The summed E-state index contributed by atoms with van der Waals surface area (Å²) in [6.07, 6.45) is 4.51. The number of amides is 1. The standard InChI is InChI=1S/C15H22N2O/c1-11(16)15(18)17-14-9-5-8-13(14)10-12-6-3-2-4-7-12/h2-4,6-7,11,13-14H,5,8-10,16H2,1H3,(H,17,18)/t11-,13?,14?/m0/s1. The van der Waals surface area contributed by atoms with Gasteiger partial charge in [-0.1, -0.05) is 36.8 Å². The summed E-state index contributed by atoms with van der Waals surface area (Å²) in [5.74, 6) is 0.523. The Morgan fingerprint density at radius 2 is 2.11 bits per heavy atom. The van der Waals surface area contributed by atoms with Crippen molar-refractivity contribution >= 4 is 5.91 Å². The monoisotopic (exact) mass is 246 g/mol. The lowest BCUT2D eigenvalue weighted by molar-refractivity contribution is -0.122. The molecule has 2 unspecified atom stereocenters. The molecule has 0 aliphatic heterocycles. The van der Waals surface area contributed by atoms with Gasteiger partial charge in [0.15, 0.2) is 0 Å². The van der Waals surface area contributed by atoms with Crippen molar-refractivity contribution in [3.63, 3.8) is 0 Å². The minimum absolute atomic E-state index is 0.0278. The van der Waals surface area contributed by atoms with Crippen LogP contribution in [-0.4, -0.2) is 18.0 Å². The maximum atomic E-state index is 11.7. The number of carbonyl (C=O) groups excluding carboxylic acids is 1. The van der Waals surface area contributed by atoms with E-state index >= 15 is 0 Å². The lowest BCUT2D eigenvalue weighted by Crippen LogP contribution is -2.45. The second kappa shape index (κ2) is 6.01. The van der Waals surface area contributed by atoms with E-state index < -0.39 is 6.04 Å². The molecular weight excluding hydrogens is 224 g/mol. The van der Waals surface area contributed by atoms with Crippen molar-refractivity contribution < 1.29 is 4.79 Å². The summed E-state index contributed by atoms with van der Waals surface area (Å²) in [6, 6.07) is 10.4. The molecule has 18 heavy (non-hydrogen) atoms. The second-order valence-corrected chi connectivity index (χ2v) is 5.28. The third kappa shape index (κ3) is 3.33. The zero-order valence-corrected chi connectivity index (χ0v) is 10.9. The molecule has 1 aliphatic rings. The SMILES string of the molecule is C[C@H](N)C(=O)NC1CCCC1Cc1ccccc1. The average molecular weight is 246 g/mol. The van der Waals surface area contributed by atoms with Gasteiger partial charge in [0, 0.05) is 6.04 Å². The van der Waals surface area contributed by atoms with Crippen LogP contribution in [0.15, 0.2) is 30.3 Å². The first kappa shape index (κ1) is 13.1. The third-order valence-corrected chi connectivity index (χ3v) is 3.74. The molecule has 3 N–H and O–H groups in total. The minimum Gasteiger partial charge on any atom is -0.352 e. The van der Waals surface area contributed by atoms with E-state index in [1.54, 1.807) is 6.92 Å². The van der Waals surface area contributed by atoms with Gasteiger partial charge in [0.25, 0.3) is 0 Å². The Morgan fingerprint density at radius 1 is 1.39 bits per heavy atom. The van der Waals surface area contributed by atoms with E-state index in [4.69, 9.17) is 5.73 Å². The van der Waals surface area contributed by atoms with Gasteiger partial charge in [-0.05, 0) is 37.7 Å². The Morgan fingerprint density at radius 3 is 2.78 bits per heavy atom. The second-order valence-electron chi connectivity index (χ2n) is 5.28. The van der Waals surface area contributed by atoms with Crippen LogP contribution in [0.2, 0.25) is 0 Å². The van der Waals surface area contributed by atoms with E-state index in [2.05, 4.69) is 29.6 Å².